The standard InChI is InChI=1S/C10H10F2N2O3/c1-2-17-10(16)14-13-9(15)7-5-6(11)3-4-8(7)12/h3-5H,2H2,1H3,(H,13,15)(H,14,16). The summed E-state index contributed by atoms with van der Waals surface area (Å²) in [7, 11) is 0. The lowest BCUT2D eigenvalue weighted by atomic mass is 10.2. The number of rotatable bonds is 2. The van der Waals surface area contributed by atoms with Gasteiger partial charge in [0.1, 0.15) is 11.6 Å². The number of carbonyl (C=O) groups excluding carboxylic acids is 2. The van der Waals surface area contributed by atoms with Crippen LogP contribution in [0.5, 0.6) is 0 Å². The van der Waals surface area contributed by atoms with Gasteiger partial charge in [-0.3, -0.25) is 10.2 Å². The molecule has 17 heavy (non-hydrogen) atoms. The number of ether oxygens (including phenoxy) is 1. The molecular weight excluding hydrogens is 234 g/mol. The molecule has 2 amide bonds. The molecule has 1 rings (SSSR count). The van der Waals surface area contributed by atoms with Gasteiger partial charge in [0.2, 0.25) is 0 Å². The Bertz CT molecular complexity index is 438. The topological polar surface area (TPSA) is 67.4 Å². The Morgan fingerprint density at radius 3 is 2.65 bits per heavy atom. The largest absolute Gasteiger partial charge is 0.449 e. The van der Waals surface area contributed by atoms with Gasteiger partial charge in [-0.2, -0.15) is 0 Å². The zero-order valence-corrected chi connectivity index (χ0v) is 8.92. The van der Waals surface area contributed by atoms with Gasteiger partial charge in [-0.15, -0.1) is 0 Å². The molecule has 0 radical (unpaired) electrons. The van der Waals surface area contributed by atoms with Crippen LogP contribution in [0.25, 0.3) is 0 Å². The van der Waals surface area contributed by atoms with E-state index < -0.39 is 29.2 Å². The summed E-state index contributed by atoms with van der Waals surface area (Å²) in [5, 5.41) is 0. The van der Waals surface area contributed by atoms with Crippen LogP contribution in [0.4, 0.5) is 13.6 Å². The van der Waals surface area contributed by atoms with Crippen LogP contribution in [0.15, 0.2) is 18.2 Å². The van der Waals surface area contributed by atoms with Gasteiger partial charge in [0.05, 0.1) is 12.2 Å². The van der Waals surface area contributed by atoms with Gasteiger partial charge in [0.25, 0.3) is 5.91 Å². The predicted molar refractivity (Wildman–Crippen MR) is 54.0 cm³/mol. The summed E-state index contributed by atoms with van der Waals surface area (Å²) < 4.78 is 30.3. The maximum Gasteiger partial charge on any atom is 0.426 e. The number of halogens is 2. The Balaban J connectivity index is 2.64. The third kappa shape index (κ3) is 3.71. The molecule has 1 aromatic rings. The van der Waals surface area contributed by atoms with E-state index >= 15 is 0 Å². The third-order valence-electron chi connectivity index (χ3n) is 1.73. The Morgan fingerprint density at radius 1 is 1.29 bits per heavy atom. The molecule has 92 valence electrons. The van der Waals surface area contributed by atoms with E-state index in [9.17, 15) is 18.4 Å². The van der Waals surface area contributed by atoms with Crippen molar-refractivity contribution in [3.63, 3.8) is 0 Å². The van der Waals surface area contributed by atoms with E-state index in [-0.39, 0.29) is 6.61 Å². The zero-order valence-electron chi connectivity index (χ0n) is 8.92. The van der Waals surface area contributed by atoms with Crippen molar-refractivity contribution in [2.75, 3.05) is 6.61 Å². The summed E-state index contributed by atoms with van der Waals surface area (Å²) in [4.78, 5) is 22.2. The van der Waals surface area contributed by atoms with Crippen molar-refractivity contribution < 1.29 is 23.1 Å². The molecule has 5 nitrogen and oxygen atoms in total. The van der Waals surface area contributed by atoms with E-state index in [0.717, 1.165) is 18.2 Å². The summed E-state index contributed by atoms with van der Waals surface area (Å²) >= 11 is 0. The van der Waals surface area contributed by atoms with Crippen LogP contribution in [-0.2, 0) is 4.74 Å². The van der Waals surface area contributed by atoms with Gasteiger partial charge in [-0.1, -0.05) is 0 Å². The van der Waals surface area contributed by atoms with Crippen LogP contribution in [0.2, 0.25) is 0 Å². The second-order valence-corrected chi connectivity index (χ2v) is 2.92. The van der Waals surface area contributed by atoms with Crippen molar-refractivity contribution in [2.24, 2.45) is 0 Å². The van der Waals surface area contributed by atoms with Crippen molar-refractivity contribution >= 4 is 12.0 Å². The summed E-state index contributed by atoms with van der Waals surface area (Å²) in [6.07, 6.45) is -0.891. The van der Waals surface area contributed by atoms with Gasteiger partial charge in [-0.05, 0) is 25.1 Å². The monoisotopic (exact) mass is 244 g/mol. The highest BCUT2D eigenvalue weighted by atomic mass is 19.1. The average molecular weight is 244 g/mol. The minimum atomic E-state index is -0.977. The lowest BCUT2D eigenvalue weighted by molar-refractivity contribution is 0.0908. The van der Waals surface area contributed by atoms with Gasteiger partial charge in [0.15, 0.2) is 0 Å². The average Bonchev–Trinajstić information content (AvgIpc) is 2.29. The first-order valence-corrected chi connectivity index (χ1v) is 4.72. The fraction of sp³-hybridized carbons (Fsp3) is 0.200. The quantitative estimate of drug-likeness (QED) is 0.772. The molecule has 0 unspecified atom stereocenters. The number of benzene rings is 1. The summed E-state index contributed by atoms with van der Waals surface area (Å²) in [6.45, 7) is 1.70. The Kier molecular flexibility index (Phi) is 4.38. The van der Waals surface area contributed by atoms with E-state index in [2.05, 4.69) is 4.74 Å². The minimum Gasteiger partial charge on any atom is -0.449 e. The van der Waals surface area contributed by atoms with Crippen molar-refractivity contribution in [1.82, 2.24) is 10.9 Å². The van der Waals surface area contributed by atoms with E-state index in [1.807, 2.05) is 10.9 Å². The van der Waals surface area contributed by atoms with Crippen LogP contribution in [0.3, 0.4) is 0 Å². The first-order valence-electron chi connectivity index (χ1n) is 4.72. The molecule has 0 aliphatic carbocycles. The van der Waals surface area contributed by atoms with Crippen LogP contribution in [-0.4, -0.2) is 18.6 Å². The van der Waals surface area contributed by atoms with E-state index in [0.29, 0.717) is 0 Å². The van der Waals surface area contributed by atoms with E-state index in [1.165, 1.54) is 0 Å². The maximum atomic E-state index is 13.1. The van der Waals surface area contributed by atoms with Crippen LogP contribution >= 0.6 is 0 Å². The molecule has 0 saturated heterocycles. The highest BCUT2D eigenvalue weighted by molar-refractivity contribution is 5.95. The molecule has 2 N–H and O–H groups in total. The van der Waals surface area contributed by atoms with E-state index in [1.54, 1.807) is 6.92 Å². The summed E-state index contributed by atoms with van der Waals surface area (Å²) in [5.41, 5.74) is 3.25. The lowest BCUT2D eigenvalue weighted by Gasteiger charge is -2.07. The number of hydrogen-bond acceptors (Lipinski definition) is 3. The summed E-state index contributed by atoms with van der Waals surface area (Å²) in [6, 6.07) is 2.41. The van der Waals surface area contributed by atoms with Gasteiger partial charge >= 0.3 is 6.09 Å². The van der Waals surface area contributed by atoms with Gasteiger partial charge in [0, 0.05) is 0 Å². The molecule has 0 fully saturated rings. The molecule has 0 atom stereocenters. The molecule has 0 aliphatic rings. The van der Waals surface area contributed by atoms with Gasteiger partial charge in [-0.25, -0.2) is 19.0 Å². The third-order valence-corrected chi connectivity index (χ3v) is 1.73. The molecule has 0 heterocycles. The zero-order chi connectivity index (χ0) is 12.8. The molecule has 0 aliphatic heterocycles. The fourth-order valence-electron chi connectivity index (χ4n) is 1.01. The second kappa shape index (κ2) is 5.78. The Morgan fingerprint density at radius 2 is 2.00 bits per heavy atom. The Hall–Kier alpha value is -2.18. The minimum absolute atomic E-state index is 0.121. The molecule has 7 heteroatoms. The number of carbonyl (C=O) groups is 2. The first kappa shape index (κ1) is 12.9. The molecule has 0 saturated carbocycles. The normalized spacial score (nSPS) is 9.59. The molecular formula is C10H10F2N2O3. The molecule has 0 aromatic heterocycles. The smallest absolute Gasteiger partial charge is 0.426 e. The second-order valence-electron chi connectivity index (χ2n) is 2.92. The van der Waals surface area contributed by atoms with Crippen LogP contribution < -0.4 is 10.9 Å². The highest BCUT2D eigenvalue weighted by Gasteiger charge is 2.13. The summed E-state index contributed by atoms with van der Waals surface area (Å²) in [5.74, 6) is -2.63. The maximum absolute atomic E-state index is 13.1. The molecule has 0 bridgehead atoms. The van der Waals surface area contributed by atoms with Crippen LogP contribution in [0, 0.1) is 11.6 Å². The first-order chi connectivity index (χ1) is 8.04. The number of hydrogen-bond donors (Lipinski definition) is 2. The molecule has 0 spiro atoms. The molecule has 1 aromatic carbocycles. The van der Waals surface area contributed by atoms with Crippen molar-refractivity contribution in [3.8, 4) is 0 Å². The SMILES string of the molecule is CCOC(=O)NNC(=O)c1cc(F)ccc1F. The fourth-order valence-corrected chi connectivity index (χ4v) is 1.01. The lowest BCUT2D eigenvalue weighted by Crippen LogP contribution is -2.42. The Labute approximate surface area is 95.7 Å². The van der Waals surface area contributed by atoms with Crippen molar-refractivity contribution in [2.45, 2.75) is 6.92 Å². The number of amides is 2. The van der Waals surface area contributed by atoms with Crippen LogP contribution in [0.1, 0.15) is 17.3 Å². The van der Waals surface area contributed by atoms with Gasteiger partial charge < -0.3 is 4.74 Å². The predicted octanol–water partition coefficient (Wildman–Crippen LogP) is 1.36. The number of hydrazine groups is 1. The van der Waals surface area contributed by atoms with Crippen molar-refractivity contribution in [1.29, 1.82) is 0 Å². The van der Waals surface area contributed by atoms with E-state index in [4.69, 9.17) is 0 Å². The van der Waals surface area contributed by atoms with Crippen molar-refractivity contribution in [3.05, 3.63) is 35.4 Å². The highest BCUT2D eigenvalue weighted by Crippen LogP contribution is 2.08. The number of nitrogens with one attached hydrogen (secondary N) is 2.